The third kappa shape index (κ3) is 3.87. The molecule has 190 valence electrons. The zero-order valence-corrected chi connectivity index (χ0v) is 20.4. The molecular weight excluding hydrogens is 468 g/mol. The van der Waals surface area contributed by atoms with Crippen LogP contribution in [0.5, 0.6) is 0 Å². The van der Waals surface area contributed by atoms with E-state index in [0.29, 0.717) is 25.1 Å². The lowest BCUT2D eigenvalue weighted by Crippen LogP contribution is -2.41. The summed E-state index contributed by atoms with van der Waals surface area (Å²) in [6.07, 6.45) is 2.90. The van der Waals surface area contributed by atoms with E-state index in [4.69, 9.17) is 4.74 Å². The molecule has 1 saturated carbocycles. The normalized spacial score (nSPS) is 20.9. The first kappa shape index (κ1) is 24.4. The minimum atomic E-state index is -1.74. The average molecular weight is 498 g/mol. The molecule has 36 heavy (non-hydrogen) atoms. The summed E-state index contributed by atoms with van der Waals surface area (Å²) in [6, 6.07) is 7.84. The number of fused-ring (bicyclic) bond motifs is 2. The first-order valence-electron chi connectivity index (χ1n) is 12.0. The predicted octanol–water partition coefficient (Wildman–Crippen LogP) is 5.18. The quantitative estimate of drug-likeness (QED) is 0.341. The Morgan fingerprint density at radius 3 is 2.58 bits per heavy atom. The molecule has 1 aliphatic rings. The smallest absolute Gasteiger partial charge is 0.335 e. The molecule has 9 heteroatoms. The van der Waals surface area contributed by atoms with Crippen LogP contribution in [0, 0.1) is 11.6 Å². The molecule has 0 atom stereocenters. The monoisotopic (exact) mass is 497 g/mol. The molecule has 0 spiro atoms. The minimum Gasteiger partial charge on any atom is -0.479 e. The maximum Gasteiger partial charge on any atom is 0.335 e. The molecule has 2 aromatic heterocycles. The van der Waals surface area contributed by atoms with Crippen molar-refractivity contribution in [2.75, 3.05) is 13.7 Å². The van der Waals surface area contributed by atoms with Gasteiger partial charge in [-0.2, -0.15) is 5.10 Å². The summed E-state index contributed by atoms with van der Waals surface area (Å²) in [7, 11) is 1.62. The number of nitrogens with zero attached hydrogens (tertiary/aromatic N) is 2. The number of aromatic amines is 1. The summed E-state index contributed by atoms with van der Waals surface area (Å²) < 4.78 is 35.9. The lowest BCUT2D eigenvalue weighted by atomic mass is 9.73. The summed E-state index contributed by atoms with van der Waals surface area (Å²) in [5.74, 6) is -3.12. The Morgan fingerprint density at radius 1 is 1.22 bits per heavy atom. The van der Waals surface area contributed by atoms with Gasteiger partial charge >= 0.3 is 5.97 Å². The van der Waals surface area contributed by atoms with Gasteiger partial charge in [0.2, 0.25) is 0 Å². The van der Waals surface area contributed by atoms with Crippen LogP contribution >= 0.6 is 0 Å². The zero-order valence-electron chi connectivity index (χ0n) is 20.4. The molecule has 1 fully saturated rings. The van der Waals surface area contributed by atoms with Gasteiger partial charge < -0.3 is 19.5 Å². The molecule has 3 N–H and O–H groups in total. The molecule has 4 aromatic rings. The molecule has 0 unspecified atom stereocenters. The maximum absolute atomic E-state index is 14.5. The summed E-state index contributed by atoms with van der Waals surface area (Å²) in [5, 5.41) is 29.1. The van der Waals surface area contributed by atoms with Crippen LogP contribution in [-0.4, -0.2) is 50.3 Å². The highest BCUT2D eigenvalue weighted by molar-refractivity contribution is 5.99. The van der Waals surface area contributed by atoms with Crippen LogP contribution in [0.2, 0.25) is 0 Å². The van der Waals surface area contributed by atoms with Crippen molar-refractivity contribution in [3.05, 3.63) is 59.4 Å². The first-order chi connectivity index (χ1) is 17.1. The van der Waals surface area contributed by atoms with Crippen LogP contribution in [0.15, 0.2) is 36.5 Å². The fourth-order valence-electron chi connectivity index (χ4n) is 5.75. The Kier molecular flexibility index (Phi) is 5.88. The summed E-state index contributed by atoms with van der Waals surface area (Å²) in [4.78, 5) is 11.7. The van der Waals surface area contributed by atoms with Gasteiger partial charge in [0.15, 0.2) is 17.2 Å². The fraction of sp³-hybridized carbons (Fsp3) is 0.407. The number of methoxy groups -OCH3 is 1. The second-order valence-electron chi connectivity index (χ2n) is 10.5. The molecule has 2 aromatic carbocycles. The number of nitrogens with one attached hydrogen (secondary N) is 1. The van der Waals surface area contributed by atoms with Crippen LogP contribution < -0.4 is 0 Å². The van der Waals surface area contributed by atoms with E-state index in [1.54, 1.807) is 19.4 Å². The van der Waals surface area contributed by atoms with Crippen LogP contribution in [0.1, 0.15) is 56.7 Å². The number of carboxylic acids is 1. The van der Waals surface area contributed by atoms with Gasteiger partial charge in [0, 0.05) is 40.7 Å². The molecule has 0 aliphatic heterocycles. The SMILES string of the molecule is COCC(C)(C)c1c([C@H]2CC[C@](O)(C(=O)O)CC2)c2cc3[nH]ncc3cc2n1-c1ccc(F)c(F)c1. The maximum atomic E-state index is 14.5. The van der Waals surface area contributed by atoms with Crippen molar-refractivity contribution in [1.82, 2.24) is 14.8 Å². The largest absolute Gasteiger partial charge is 0.479 e. The number of benzene rings is 2. The number of H-pyrrole nitrogens is 1. The number of rotatable bonds is 6. The molecule has 0 amide bonds. The summed E-state index contributed by atoms with van der Waals surface area (Å²) in [5.41, 5.74) is 1.72. The van der Waals surface area contributed by atoms with Crippen molar-refractivity contribution in [3.8, 4) is 5.69 Å². The topological polar surface area (TPSA) is 100 Å². The second kappa shape index (κ2) is 8.67. The van der Waals surface area contributed by atoms with Crippen LogP contribution in [0.25, 0.3) is 27.5 Å². The van der Waals surface area contributed by atoms with Gasteiger partial charge in [-0.25, -0.2) is 13.6 Å². The molecule has 0 saturated heterocycles. The van der Waals surface area contributed by atoms with Crippen molar-refractivity contribution in [3.63, 3.8) is 0 Å². The number of hydrogen-bond donors (Lipinski definition) is 3. The Balaban J connectivity index is 1.82. The lowest BCUT2D eigenvalue weighted by molar-refractivity contribution is -0.162. The van der Waals surface area contributed by atoms with E-state index in [1.165, 1.54) is 6.07 Å². The number of aromatic nitrogens is 3. The molecule has 0 bridgehead atoms. The van der Waals surface area contributed by atoms with Crippen molar-refractivity contribution in [2.24, 2.45) is 0 Å². The Hall–Kier alpha value is -3.30. The summed E-state index contributed by atoms with van der Waals surface area (Å²) in [6.45, 7) is 4.44. The fourth-order valence-corrected chi connectivity index (χ4v) is 5.75. The predicted molar refractivity (Wildman–Crippen MR) is 132 cm³/mol. The highest BCUT2D eigenvalue weighted by atomic mass is 19.2. The van der Waals surface area contributed by atoms with E-state index in [-0.39, 0.29) is 18.8 Å². The van der Waals surface area contributed by atoms with Gasteiger partial charge in [0.1, 0.15) is 0 Å². The van der Waals surface area contributed by atoms with Crippen LogP contribution in [0.3, 0.4) is 0 Å². The lowest BCUT2D eigenvalue weighted by Gasteiger charge is -2.35. The third-order valence-corrected chi connectivity index (χ3v) is 7.49. The van der Waals surface area contributed by atoms with Gasteiger partial charge in [-0.1, -0.05) is 13.8 Å². The third-order valence-electron chi connectivity index (χ3n) is 7.49. The highest BCUT2D eigenvalue weighted by Gasteiger charge is 2.43. The van der Waals surface area contributed by atoms with Crippen molar-refractivity contribution >= 4 is 27.8 Å². The van der Waals surface area contributed by atoms with Gasteiger partial charge in [-0.15, -0.1) is 0 Å². The van der Waals surface area contributed by atoms with Gasteiger partial charge in [0.25, 0.3) is 0 Å². The number of hydrogen-bond acceptors (Lipinski definition) is 4. The van der Waals surface area contributed by atoms with E-state index >= 15 is 0 Å². The number of aliphatic hydroxyl groups is 1. The van der Waals surface area contributed by atoms with E-state index < -0.39 is 28.6 Å². The van der Waals surface area contributed by atoms with Gasteiger partial charge in [0.05, 0.1) is 23.8 Å². The van der Waals surface area contributed by atoms with Crippen molar-refractivity contribution < 1.29 is 28.5 Å². The average Bonchev–Trinajstić information content (AvgIpc) is 3.42. The molecule has 2 heterocycles. The molecule has 5 rings (SSSR count). The minimum absolute atomic E-state index is 0.0508. The number of ether oxygens (including phenoxy) is 1. The van der Waals surface area contributed by atoms with Crippen molar-refractivity contribution in [2.45, 2.75) is 56.5 Å². The summed E-state index contributed by atoms with van der Waals surface area (Å²) >= 11 is 0. The van der Waals surface area contributed by atoms with Gasteiger partial charge in [-0.3, -0.25) is 5.10 Å². The Morgan fingerprint density at radius 2 is 1.94 bits per heavy atom. The second-order valence-corrected chi connectivity index (χ2v) is 10.5. The zero-order chi connectivity index (χ0) is 25.8. The molecular formula is C27H29F2N3O4. The highest BCUT2D eigenvalue weighted by Crippen LogP contribution is 2.47. The van der Waals surface area contributed by atoms with Crippen molar-refractivity contribution in [1.29, 1.82) is 0 Å². The number of halogens is 2. The molecule has 1 aliphatic carbocycles. The molecule has 7 nitrogen and oxygen atoms in total. The molecule has 0 radical (unpaired) electrons. The number of carboxylic acid groups (broad SMARTS) is 1. The Labute approximate surface area is 206 Å². The van der Waals surface area contributed by atoms with Crippen LogP contribution in [-0.2, 0) is 14.9 Å². The van der Waals surface area contributed by atoms with E-state index in [1.807, 2.05) is 30.5 Å². The van der Waals surface area contributed by atoms with E-state index in [0.717, 1.165) is 39.1 Å². The first-order valence-corrected chi connectivity index (χ1v) is 12.0. The Bertz CT molecular complexity index is 1460. The van der Waals surface area contributed by atoms with Gasteiger partial charge in [-0.05, 0) is 61.4 Å². The number of carbonyl (C=O) groups is 1. The standard InChI is InChI=1S/C27H29F2N3O4/c1-26(2,14-36-3)24-23(15-6-8-27(35,9-7-15)25(33)34)18-12-21-16(13-30-31-21)10-22(18)32(24)17-4-5-19(28)20(29)11-17/h4-5,10-13,15,35H,6-9,14H2,1-3H3,(H,30,31)(H,33,34)/t15-,27+. The van der Waals surface area contributed by atoms with E-state index in [9.17, 15) is 23.8 Å². The van der Waals surface area contributed by atoms with E-state index in [2.05, 4.69) is 10.2 Å². The van der Waals surface area contributed by atoms with Crippen LogP contribution in [0.4, 0.5) is 8.78 Å². The number of aliphatic carboxylic acids is 1.